The Balaban J connectivity index is 1.58. The van der Waals surface area contributed by atoms with Gasteiger partial charge >= 0.3 is 0 Å². The van der Waals surface area contributed by atoms with E-state index in [0.717, 1.165) is 16.8 Å². The van der Waals surface area contributed by atoms with E-state index in [1.807, 2.05) is 70.2 Å². The number of rotatable bonds is 14. The molecule has 3 aliphatic rings. The SMILES string of the molecule is C=CCN(C(=O)[C@H]1[C@H]2C(=O)N(CCCCO)C(C(=O)N(CC=C)c3c(C)cccc3C)C23CC[C@]1(C)O3)c1ccc(OCC)cc1. The van der Waals surface area contributed by atoms with E-state index in [4.69, 9.17) is 9.47 Å². The summed E-state index contributed by atoms with van der Waals surface area (Å²) in [4.78, 5) is 49.2. The number of nitrogens with zero attached hydrogens (tertiary/aromatic N) is 3. The maximum absolute atomic E-state index is 14.9. The number of hydrogen-bond acceptors (Lipinski definition) is 6. The van der Waals surface area contributed by atoms with Gasteiger partial charge in [-0.15, -0.1) is 13.2 Å². The molecular weight excluding hydrogens is 582 g/mol. The van der Waals surface area contributed by atoms with Crippen molar-refractivity contribution in [3.63, 3.8) is 0 Å². The predicted octanol–water partition coefficient (Wildman–Crippen LogP) is 4.98. The van der Waals surface area contributed by atoms with Crippen molar-refractivity contribution in [3.8, 4) is 5.75 Å². The van der Waals surface area contributed by atoms with E-state index in [0.29, 0.717) is 43.7 Å². The van der Waals surface area contributed by atoms with Gasteiger partial charge in [-0.05, 0) is 88.8 Å². The average molecular weight is 630 g/mol. The molecule has 2 aromatic rings. The van der Waals surface area contributed by atoms with Crippen LogP contribution in [-0.4, -0.2) is 77.8 Å². The highest BCUT2D eigenvalue weighted by molar-refractivity contribution is 6.07. The normalized spacial score (nSPS) is 26.2. The molecule has 5 rings (SSSR count). The maximum atomic E-state index is 14.9. The van der Waals surface area contributed by atoms with Crippen molar-refractivity contribution >= 4 is 29.1 Å². The molecule has 3 fully saturated rings. The van der Waals surface area contributed by atoms with Crippen LogP contribution in [0.1, 0.15) is 50.7 Å². The Bertz CT molecular complexity index is 1470. The molecule has 3 amide bonds. The maximum Gasteiger partial charge on any atom is 0.253 e. The summed E-state index contributed by atoms with van der Waals surface area (Å²) < 4.78 is 12.5. The number of carbonyl (C=O) groups is 3. The molecule has 3 heterocycles. The van der Waals surface area contributed by atoms with Crippen molar-refractivity contribution in [2.45, 2.75) is 70.6 Å². The van der Waals surface area contributed by atoms with Gasteiger partial charge in [-0.25, -0.2) is 0 Å². The molecule has 1 spiro atoms. The number of hydrogen-bond donors (Lipinski definition) is 1. The predicted molar refractivity (Wildman–Crippen MR) is 179 cm³/mol. The Kier molecular flexibility index (Phi) is 9.75. The molecule has 3 aliphatic heterocycles. The van der Waals surface area contributed by atoms with Crippen LogP contribution in [0.15, 0.2) is 67.8 Å². The molecule has 0 saturated carbocycles. The first-order valence-corrected chi connectivity index (χ1v) is 16.3. The molecule has 9 heteroatoms. The fourth-order valence-corrected chi connectivity index (χ4v) is 8.02. The van der Waals surface area contributed by atoms with Crippen LogP contribution in [0.4, 0.5) is 11.4 Å². The Morgan fingerprint density at radius 2 is 1.67 bits per heavy atom. The highest BCUT2D eigenvalue weighted by Gasteiger charge is 2.78. The standard InChI is InChI=1S/C37H47N3O6/c1-7-21-38(27-15-17-28(18-16-27)45-9-3)33(42)29-30-34(43)40(23-10-11-24-41)32(37(30)20-19-36(29,6)46-37)35(44)39(22-8-2)31-25(4)13-12-14-26(31)5/h7-8,12-18,29-30,32,41H,1-2,9-11,19-24H2,3-6H3/t29-,30+,32?,36+,37?/m1/s1. The molecule has 9 nitrogen and oxygen atoms in total. The second kappa shape index (κ2) is 13.4. The minimum absolute atomic E-state index is 0.0194. The zero-order valence-electron chi connectivity index (χ0n) is 27.5. The number of aliphatic hydroxyl groups is 1. The van der Waals surface area contributed by atoms with Crippen molar-refractivity contribution in [1.82, 2.24) is 4.90 Å². The van der Waals surface area contributed by atoms with Gasteiger partial charge in [0.2, 0.25) is 11.8 Å². The van der Waals surface area contributed by atoms with Crippen molar-refractivity contribution in [2.24, 2.45) is 11.8 Å². The fourth-order valence-electron chi connectivity index (χ4n) is 8.02. The third-order valence-corrected chi connectivity index (χ3v) is 9.91. The molecule has 5 atom stereocenters. The zero-order valence-corrected chi connectivity index (χ0v) is 27.5. The molecular formula is C37H47N3O6. The van der Waals surface area contributed by atoms with Crippen LogP contribution in [0, 0.1) is 25.7 Å². The Labute approximate surface area is 272 Å². The number of carbonyl (C=O) groups excluding carboxylic acids is 3. The van der Waals surface area contributed by atoms with E-state index in [1.165, 1.54) is 0 Å². The Hall–Kier alpha value is -3.95. The molecule has 2 aromatic carbocycles. The summed E-state index contributed by atoms with van der Waals surface area (Å²) in [5.41, 5.74) is 1.23. The molecule has 0 aliphatic carbocycles. The lowest BCUT2D eigenvalue weighted by molar-refractivity contribution is -0.144. The number of unbranched alkanes of at least 4 members (excludes halogenated alkanes) is 1. The molecule has 0 radical (unpaired) electrons. The van der Waals surface area contributed by atoms with Crippen molar-refractivity contribution < 1.29 is 29.0 Å². The van der Waals surface area contributed by atoms with Crippen LogP contribution < -0.4 is 14.5 Å². The monoisotopic (exact) mass is 629 g/mol. The summed E-state index contributed by atoms with van der Waals surface area (Å²) in [6.07, 6.45) is 5.39. The highest BCUT2D eigenvalue weighted by atomic mass is 16.5. The third-order valence-electron chi connectivity index (χ3n) is 9.91. The molecule has 246 valence electrons. The van der Waals surface area contributed by atoms with Gasteiger partial charge in [-0.2, -0.15) is 0 Å². The van der Waals surface area contributed by atoms with Crippen molar-refractivity contribution in [1.29, 1.82) is 0 Å². The van der Waals surface area contributed by atoms with E-state index < -0.39 is 29.1 Å². The van der Waals surface area contributed by atoms with E-state index in [2.05, 4.69) is 13.2 Å². The van der Waals surface area contributed by atoms with E-state index in [-0.39, 0.29) is 44.0 Å². The Morgan fingerprint density at radius 1 is 1.02 bits per heavy atom. The lowest BCUT2D eigenvalue weighted by atomic mass is 9.66. The van der Waals surface area contributed by atoms with Crippen LogP contribution in [0.5, 0.6) is 5.75 Å². The number of aryl methyl sites for hydroxylation is 2. The molecule has 3 saturated heterocycles. The number of anilines is 2. The van der Waals surface area contributed by atoms with Gasteiger partial charge in [0.25, 0.3) is 5.91 Å². The smallest absolute Gasteiger partial charge is 0.253 e. The van der Waals surface area contributed by atoms with Gasteiger partial charge < -0.3 is 29.3 Å². The van der Waals surface area contributed by atoms with Gasteiger partial charge in [0.15, 0.2) is 0 Å². The summed E-state index contributed by atoms with van der Waals surface area (Å²) >= 11 is 0. The van der Waals surface area contributed by atoms with Gasteiger partial charge in [-0.1, -0.05) is 30.4 Å². The van der Waals surface area contributed by atoms with Crippen LogP contribution in [0.3, 0.4) is 0 Å². The van der Waals surface area contributed by atoms with Gasteiger partial charge in [0, 0.05) is 37.6 Å². The largest absolute Gasteiger partial charge is 0.494 e. The lowest BCUT2D eigenvalue weighted by Crippen LogP contribution is -2.57. The summed E-state index contributed by atoms with van der Waals surface area (Å²) in [6.45, 7) is 16.9. The van der Waals surface area contributed by atoms with Crippen LogP contribution in [-0.2, 0) is 19.1 Å². The number of fused-ring (bicyclic) bond motifs is 1. The summed E-state index contributed by atoms with van der Waals surface area (Å²) in [5.74, 6) is -1.66. The number of ether oxygens (including phenoxy) is 2. The topological polar surface area (TPSA) is 99.6 Å². The second-order valence-corrected chi connectivity index (χ2v) is 12.8. The van der Waals surface area contributed by atoms with Crippen LogP contribution >= 0.6 is 0 Å². The van der Waals surface area contributed by atoms with Gasteiger partial charge in [0.05, 0.1) is 24.0 Å². The molecule has 1 N–H and O–H groups in total. The Morgan fingerprint density at radius 3 is 2.28 bits per heavy atom. The van der Waals surface area contributed by atoms with Crippen LogP contribution in [0.25, 0.3) is 0 Å². The summed E-state index contributed by atoms with van der Waals surface area (Å²) in [7, 11) is 0. The first kappa shape index (κ1) is 33.4. The minimum Gasteiger partial charge on any atom is -0.494 e. The van der Waals surface area contributed by atoms with Gasteiger partial charge in [0.1, 0.15) is 17.4 Å². The highest BCUT2D eigenvalue weighted by Crippen LogP contribution is 2.63. The second-order valence-electron chi connectivity index (χ2n) is 12.8. The molecule has 2 bridgehead atoms. The van der Waals surface area contributed by atoms with Crippen LogP contribution in [0.2, 0.25) is 0 Å². The number of para-hydroxylation sites is 1. The summed E-state index contributed by atoms with van der Waals surface area (Å²) in [6, 6.07) is 12.3. The average Bonchev–Trinajstić information content (AvgIpc) is 3.60. The number of likely N-dealkylation sites (tertiary alicyclic amines) is 1. The van der Waals surface area contributed by atoms with E-state index >= 15 is 0 Å². The lowest BCUT2D eigenvalue weighted by Gasteiger charge is -2.37. The summed E-state index contributed by atoms with van der Waals surface area (Å²) in [5, 5.41) is 9.55. The number of aliphatic hydroxyl groups excluding tert-OH is 1. The zero-order chi connectivity index (χ0) is 33.2. The first-order chi connectivity index (χ1) is 22.1. The molecule has 0 aromatic heterocycles. The van der Waals surface area contributed by atoms with Crippen molar-refractivity contribution in [2.75, 3.05) is 42.6 Å². The third kappa shape index (κ3) is 5.53. The minimum atomic E-state index is -1.17. The quantitative estimate of drug-likeness (QED) is 0.234. The number of amides is 3. The molecule has 46 heavy (non-hydrogen) atoms. The van der Waals surface area contributed by atoms with Gasteiger partial charge in [-0.3, -0.25) is 14.4 Å². The first-order valence-electron chi connectivity index (χ1n) is 16.3. The molecule has 2 unspecified atom stereocenters. The van der Waals surface area contributed by atoms with E-state index in [9.17, 15) is 19.5 Å². The fraction of sp³-hybridized carbons (Fsp3) is 0.486. The van der Waals surface area contributed by atoms with E-state index in [1.54, 1.807) is 26.9 Å². The van der Waals surface area contributed by atoms with Crippen molar-refractivity contribution in [3.05, 3.63) is 78.9 Å². The number of benzene rings is 2.